The van der Waals surface area contributed by atoms with Crippen LogP contribution in [0.1, 0.15) is 49.9 Å². The minimum atomic E-state index is -0.106. The fraction of sp³-hybridized carbons (Fsp3) is 0.111. The molecule has 0 fully saturated rings. The fourth-order valence-electron chi connectivity index (χ4n) is 10.1. The largest absolute Gasteiger partial charge is 0.309 e. The van der Waals surface area contributed by atoms with Gasteiger partial charge in [0.25, 0.3) is 0 Å². The summed E-state index contributed by atoms with van der Waals surface area (Å²) in [5.74, 6) is 0. The van der Waals surface area contributed by atoms with Gasteiger partial charge in [-0.25, -0.2) is 0 Å². The summed E-state index contributed by atoms with van der Waals surface area (Å²) in [7, 11) is 0. The Morgan fingerprint density at radius 3 is 1.52 bits per heavy atom. The van der Waals surface area contributed by atoms with Crippen LogP contribution in [0.3, 0.4) is 0 Å². The molecule has 1 aromatic heterocycles. The van der Waals surface area contributed by atoms with Crippen molar-refractivity contribution in [2.75, 3.05) is 4.90 Å². The van der Waals surface area contributed by atoms with E-state index >= 15 is 0 Å². The Hall–Kier alpha value is -6.64. The Morgan fingerprint density at radius 1 is 0.393 bits per heavy atom. The van der Waals surface area contributed by atoms with Crippen LogP contribution >= 0.6 is 0 Å². The van der Waals surface area contributed by atoms with Gasteiger partial charge in [0.05, 0.1) is 22.4 Å². The van der Waals surface area contributed by atoms with Gasteiger partial charge in [0.15, 0.2) is 0 Å². The average molecular weight is 719 g/mol. The molecule has 0 bridgehead atoms. The number of rotatable bonds is 5. The number of anilines is 3. The summed E-state index contributed by atoms with van der Waals surface area (Å²) < 4.78 is 2.40. The van der Waals surface area contributed by atoms with Crippen molar-refractivity contribution in [3.05, 3.63) is 204 Å². The number of benzene rings is 8. The van der Waals surface area contributed by atoms with E-state index in [0.29, 0.717) is 0 Å². The minimum Gasteiger partial charge on any atom is -0.309 e. The van der Waals surface area contributed by atoms with E-state index in [1.165, 1.54) is 94.5 Å². The molecule has 11 rings (SSSR count). The van der Waals surface area contributed by atoms with Crippen molar-refractivity contribution in [1.82, 2.24) is 4.57 Å². The van der Waals surface area contributed by atoms with E-state index in [1.807, 2.05) is 0 Å². The summed E-state index contributed by atoms with van der Waals surface area (Å²) in [4.78, 5) is 2.54. The highest BCUT2D eigenvalue weighted by Crippen LogP contribution is 2.58. The number of para-hydroxylation sites is 2. The number of hydrogen-bond acceptors (Lipinski definition) is 1. The molecule has 0 amide bonds. The maximum Gasteiger partial charge on any atom is 0.0547 e. The summed E-state index contributed by atoms with van der Waals surface area (Å²) >= 11 is 0. The highest BCUT2D eigenvalue weighted by molar-refractivity contribution is 6.10. The second kappa shape index (κ2) is 11.9. The predicted octanol–water partition coefficient (Wildman–Crippen LogP) is 14.5. The fourth-order valence-corrected chi connectivity index (χ4v) is 10.1. The van der Waals surface area contributed by atoms with Crippen LogP contribution in [0.5, 0.6) is 0 Å². The second-order valence-electron chi connectivity index (χ2n) is 16.5. The van der Waals surface area contributed by atoms with E-state index in [4.69, 9.17) is 0 Å². The molecule has 2 nitrogen and oxygen atoms in total. The monoisotopic (exact) mass is 718 g/mol. The molecule has 2 aliphatic rings. The Kier molecular flexibility index (Phi) is 6.98. The first-order valence-corrected chi connectivity index (χ1v) is 19.8. The maximum atomic E-state index is 2.54. The van der Waals surface area contributed by atoms with E-state index in [1.54, 1.807) is 0 Å². The molecule has 8 aromatic carbocycles. The van der Waals surface area contributed by atoms with Gasteiger partial charge in [-0.05, 0) is 93.0 Å². The zero-order chi connectivity index (χ0) is 37.8. The van der Waals surface area contributed by atoms with Crippen molar-refractivity contribution in [3.8, 4) is 39.1 Å². The molecule has 2 aliphatic carbocycles. The summed E-state index contributed by atoms with van der Waals surface area (Å²) in [5.41, 5.74) is 20.1. The summed E-state index contributed by atoms with van der Waals surface area (Å²) in [5, 5.41) is 2.53. The van der Waals surface area contributed by atoms with Crippen LogP contribution in [0.25, 0.3) is 60.9 Å². The molecular formula is C54H42N2. The third kappa shape index (κ3) is 4.56. The summed E-state index contributed by atoms with van der Waals surface area (Å²) in [6.07, 6.45) is 0. The van der Waals surface area contributed by atoms with E-state index in [0.717, 1.165) is 5.69 Å². The molecule has 268 valence electrons. The molecular weight excluding hydrogens is 677 g/mol. The molecule has 9 aromatic rings. The third-order valence-corrected chi connectivity index (χ3v) is 12.8. The number of fused-ring (bicyclic) bond motifs is 9. The van der Waals surface area contributed by atoms with Gasteiger partial charge in [-0.2, -0.15) is 0 Å². The Bertz CT molecular complexity index is 2910. The lowest BCUT2D eigenvalue weighted by molar-refractivity contribution is 0.660. The number of nitrogens with zero attached hydrogens (tertiary/aromatic N) is 2. The van der Waals surface area contributed by atoms with Crippen molar-refractivity contribution in [2.24, 2.45) is 0 Å². The molecule has 0 N–H and O–H groups in total. The molecule has 0 unspecified atom stereocenters. The first-order valence-electron chi connectivity index (χ1n) is 19.8. The van der Waals surface area contributed by atoms with Crippen molar-refractivity contribution in [2.45, 2.75) is 38.5 Å². The summed E-state index contributed by atoms with van der Waals surface area (Å²) in [6, 6.07) is 67.5. The van der Waals surface area contributed by atoms with E-state index < -0.39 is 0 Å². The highest BCUT2D eigenvalue weighted by atomic mass is 15.1. The lowest BCUT2D eigenvalue weighted by atomic mass is 9.82. The smallest absolute Gasteiger partial charge is 0.0547 e. The topological polar surface area (TPSA) is 8.17 Å². The van der Waals surface area contributed by atoms with Crippen LogP contribution in [-0.2, 0) is 10.8 Å². The second-order valence-corrected chi connectivity index (χ2v) is 16.5. The van der Waals surface area contributed by atoms with Gasteiger partial charge in [-0.1, -0.05) is 161 Å². The van der Waals surface area contributed by atoms with Gasteiger partial charge in [0.1, 0.15) is 0 Å². The standard InChI is InChI=1S/C54H42N2/c1-53(2)43-21-11-8-19-41(43)51-45(53)23-14-26-48(51)56(49-27-15-24-46-52(49)42-20-9-12-22-44(42)54(46,3)4)38-31-28-35(29-32-38)36-30-33-40-39-18-10-13-25-47(39)55(50(40)34-36)37-16-6-5-7-17-37/h5-34H,1-4H3. The Labute approximate surface area is 328 Å². The molecule has 0 spiro atoms. The molecule has 0 saturated heterocycles. The van der Waals surface area contributed by atoms with E-state index in [2.05, 4.69) is 219 Å². The first-order chi connectivity index (χ1) is 27.3. The van der Waals surface area contributed by atoms with Gasteiger partial charge in [0, 0.05) is 44.1 Å². The highest BCUT2D eigenvalue weighted by Gasteiger charge is 2.40. The predicted molar refractivity (Wildman–Crippen MR) is 236 cm³/mol. The molecule has 2 heteroatoms. The van der Waals surface area contributed by atoms with Gasteiger partial charge >= 0.3 is 0 Å². The van der Waals surface area contributed by atoms with Crippen LogP contribution in [0.4, 0.5) is 17.1 Å². The van der Waals surface area contributed by atoms with E-state index in [-0.39, 0.29) is 10.8 Å². The van der Waals surface area contributed by atoms with Crippen LogP contribution in [0.15, 0.2) is 182 Å². The van der Waals surface area contributed by atoms with Crippen molar-refractivity contribution in [3.63, 3.8) is 0 Å². The third-order valence-electron chi connectivity index (χ3n) is 12.8. The quantitative estimate of drug-likeness (QED) is 0.172. The molecule has 1 heterocycles. The zero-order valence-corrected chi connectivity index (χ0v) is 32.2. The Balaban J connectivity index is 1.12. The number of aromatic nitrogens is 1. The van der Waals surface area contributed by atoms with Gasteiger partial charge in [-0.3, -0.25) is 0 Å². The normalized spacial score (nSPS) is 14.4. The van der Waals surface area contributed by atoms with Gasteiger partial charge in [0.2, 0.25) is 0 Å². The molecule has 56 heavy (non-hydrogen) atoms. The van der Waals surface area contributed by atoms with Gasteiger partial charge in [-0.15, -0.1) is 0 Å². The van der Waals surface area contributed by atoms with Crippen LogP contribution in [-0.4, -0.2) is 4.57 Å². The average Bonchev–Trinajstić information content (AvgIpc) is 3.79. The summed E-state index contributed by atoms with van der Waals surface area (Å²) in [6.45, 7) is 9.47. The first kappa shape index (κ1) is 32.8. The van der Waals surface area contributed by atoms with Crippen LogP contribution < -0.4 is 4.90 Å². The van der Waals surface area contributed by atoms with E-state index in [9.17, 15) is 0 Å². The van der Waals surface area contributed by atoms with Crippen LogP contribution in [0, 0.1) is 0 Å². The minimum absolute atomic E-state index is 0.106. The molecule has 0 aliphatic heterocycles. The van der Waals surface area contributed by atoms with Crippen molar-refractivity contribution >= 4 is 38.9 Å². The number of hydrogen-bond donors (Lipinski definition) is 0. The maximum absolute atomic E-state index is 2.54. The van der Waals surface area contributed by atoms with Crippen LogP contribution in [0.2, 0.25) is 0 Å². The molecule has 0 radical (unpaired) electrons. The van der Waals surface area contributed by atoms with Crippen molar-refractivity contribution < 1.29 is 0 Å². The lowest BCUT2D eigenvalue weighted by Crippen LogP contribution is -2.17. The lowest BCUT2D eigenvalue weighted by Gasteiger charge is -2.31. The molecule has 0 saturated carbocycles. The Morgan fingerprint density at radius 2 is 0.893 bits per heavy atom. The molecule has 0 atom stereocenters. The SMILES string of the molecule is CC1(C)c2ccccc2-c2c(N(c3ccc(-c4ccc5c6ccccc6n(-c6ccccc6)c5c4)cc3)c3cccc4c3-c3ccccc3C4(C)C)cccc21. The van der Waals surface area contributed by atoms with Gasteiger partial charge < -0.3 is 9.47 Å². The zero-order valence-electron chi connectivity index (χ0n) is 32.2. The van der Waals surface area contributed by atoms with Crippen molar-refractivity contribution in [1.29, 1.82) is 0 Å².